The van der Waals surface area contributed by atoms with Gasteiger partial charge in [-0.05, 0) is 51.5 Å². The Kier molecular flexibility index (Phi) is 5.71. The van der Waals surface area contributed by atoms with Gasteiger partial charge in [-0.25, -0.2) is 9.78 Å². The Labute approximate surface area is 187 Å². The summed E-state index contributed by atoms with van der Waals surface area (Å²) in [7, 11) is 1.59. The molecule has 32 heavy (non-hydrogen) atoms. The summed E-state index contributed by atoms with van der Waals surface area (Å²) in [5.74, 6) is 0.920. The first-order valence-corrected chi connectivity index (χ1v) is 10.8. The van der Waals surface area contributed by atoms with Crippen molar-refractivity contribution in [1.82, 2.24) is 14.8 Å². The fraction of sp³-hybridized carbons (Fsp3) is 0.458. The van der Waals surface area contributed by atoms with Gasteiger partial charge in [0.25, 0.3) is 5.91 Å². The van der Waals surface area contributed by atoms with Gasteiger partial charge in [0.1, 0.15) is 18.0 Å². The number of aryl methyl sites for hydroxylation is 1. The van der Waals surface area contributed by atoms with E-state index in [1.165, 1.54) is 0 Å². The summed E-state index contributed by atoms with van der Waals surface area (Å²) >= 11 is 0. The van der Waals surface area contributed by atoms with Crippen molar-refractivity contribution in [3.63, 3.8) is 0 Å². The van der Waals surface area contributed by atoms with Gasteiger partial charge in [-0.15, -0.1) is 0 Å². The van der Waals surface area contributed by atoms with Crippen molar-refractivity contribution >= 4 is 22.9 Å². The highest BCUT2D eigenvalue weighted by atomic mass is 16.6. The van der Waals surface area contributed by atoms with Gasteiger partial charge in [0.05, 0.1) is 24.7 Å². The molecular weight excluding hydrogens is 410 g/mol. The third kappa shape index (κ3) is 4.22. The van der Waals surface area contributed by atoms with Crippen molar-refractivity contribution < 1.29 is 23.8 Å². The Hall–Kier alpha value is -3.29. The van der Waals surface area contributed by atoms with Crippen molar-refractivity contribution in [3.8, 4) is 11.6 Å². The molecule has 2 aromatic rings. The summed E-state index contributed by atoms with van der Waals surface area (Å²) < 4.78 is 16.9. The lowest BCUT2D eigenvalue weighted by molar-refractivity contribution is 0.0190. The second kappa shape index (κ2) is 8.33. The zero-order valence-electron chi connectivity index (χ0n) is 19.2. The molecule has 2 aliphatic rings. The van der Waals surface area contributed by atoms with Crippen LogP contribution in [0.2, 0.25) is 0 Å². The van der Waals surface area contributed by atoms with Gasteiger partial charge in [0, 0.05) is 29.7 Å². The van der Waals surface area contributed by atoms with E-state index in [9.17, 15) is 9.59 Å². The largest absolute Gasteiger partial charge is 0.489 e. The normalized spacial score (nSPS) is 18.0. The van der Waals surface area contributed by atoms with Crippen LogP contribution >= 0.6 is 0 Å². The fourth-order valence-corrected chi connectivity index (χ4v) is 3.93. The lowest BCUT2D eigenvalue weighted by Gasteiger charge is -2.38. The number of carbonyl (C=O) groups excluding carboxylic acids is 2. The maximum absolute atomic E-state index is 13.5. The van der Waals surface area contributed by atoms with E-state index in [-0.39, 0.29) is 12.0 Å². The molecule has 0 spiro atoms. The molecule has 8 heteroatoms. The van der Waals surface area contributed by atoms with Gasteiger partial charge in [-0.1, -0.05) is 6.92 Å². The second-order valence-electron chi connectivity index (χ2n) is 8.92. The number of fused-ring (bicyclic) bond motifs is 3. The van der Waals surface area contributed by atoms with Crippen LogP contribution in [0.25, 0.3) is 10.9 Å². The molecule has 0 N–H and O–H groups in total. The summed E-state index contributed by atoms with van der Waals surface area (Å²) in [5.41, 5.74) is 2.27. The Morgan fingerprint density at radius 2 is 2.00 bits per heavy atom. The highest BCUT2D eigenvalue weighted by Crippen LogP contribution is 2.32. The molecule has 1 aromatic heterocycles. The molecule has 0 bridgehead atoms. The Morgan fingerprint density at radius 3 is 2.69 bits per heavy atom. The van der Waals surface area contributed by atoms with Gasteiger partial charge in [0.2, 0.25) is 5.88 Å². The molecule has 0 saturated carbocycles. The van der Waals surface area contributed by atoms with E-state index < -0.39 is 5.60 Å². The zero-order chi connectivity index (χ0) is 23.0. The van der Waals surface area contributed by atoms with Crippen LogP contribution in [0.3, 0.4) is 0 Å². The van der Waals surface area contributed by atoms with Gasteiger partial charge in [0.15, 0.2) is 0 Å². The minimum absolute atomic E-state index is 0.169. The van der Waals surface area contributed by atoms with Gasteiger partial charge >= 0.3 is 6.09 Å². The number of pyridine rings is 1. The number of carbonyl (C=O) groups is 2. The number of aromatic nitrogens is 1. The van der Waals surface area contributed by atoms with E-state index in [1.807, 2.05) is 45.9 Å². The number of piperazine rings is 1. The summed E-state index contributed by atoms with van der Waals surface area (Å²) in [4.78, 5) is 33.9. The summed E-state index contributed by atoms with van der Waals surface area (Å²) in [6.07, 6.45) is 2.25. The number of methoxy groups -OCH3 is 1. The molecule has 2 amide bonds. The lowest BCUT2D eigenvalue weighted by atomic mass is 10.0. The zero-order valence-corrected chi connectivity index (χ0v) is 19.2. The maximum atomic E-state index is 13.5. The first-order valence-electron chi connectivity index (χ1n) is 10.8. The molecule has 8 nitrogen and oxygen atoms in total. The number of nitrogens with zero attached hydrogens (tertiary/aromatic N) is 3. The van der Waals surface area contributed by atoms with E-state index in [0.29, 0.717) is 49.0 Å². The predicted octanol–water partition coefficient (Wildman–Crippen LogP) is 3.78. The molecule has 0 atom stereocenters. The quantitative estimate of drug-likeness (QED) is 0.709. The molecule has 4 rings (SSSR count). The van der Waals surface area contributed by atoms with E-state index in [4.69, 9.17) is 14.2 Å². The van der Waals surface area contributed by atoms with Crippen molar-refractivity contribution in [3.05, 3.63) is 41.1 Å². The van der Waals surface area contributed by atoms with Crippen molar-refractivity contribution in [2.45, 2.75) is 39.7 Å². The van der Waals surface area contributed by atoms with Crippen molar-refractivity contribution in [1.29, 1.82) is 0 Å². The summed E-state index contributed by atoms with van der Waals surface area (Å²) in [6, 6.07) is 5.65. The topological polar surface area (TPSA) is 81.2 Å². The van der Waals surface area contributed by atoms with Crippen LogP contribution in [0.1, 0.15) is 43.6 Å². The number of hydrogen-bond donors (Lipinski definition) is 0. The standard InChI is InChI=1S/C24H29N3O5/c1-6-15-11-16-12-20-18(13-19(16)25-21(15)30-5)22(28)27-9-8-26(14-17(27)7-10-31-20)23(29)32-24(2,3)4/h7,11-13H,6,8-10,14H2,1-5H3/b17-7-. The van der Waals surface area contributed by atoms with Crippen LogP contribution in [0.4, 0.5) is 4.79 Å². The van der Waals surface area contributed by atoms with Crippen LogP contribution in [-0.4, -0.2) is 65.7 Å². The molecule has 1 aromatic carbocycles. The third-order valence-electron chi connectivity index (χ3n) is 5.51. The number of rotatable bonds is 2. The Balaban J connectivity index is 1.64. The first kappa shape index (κ1) is 21.9. The van der Waals surface area contributed by atoms with E-state index >= 15 is 0 Å². The molecule has 0 radical (unpaired) electrons. The Morgan fingerprint density at radius 1 is 1.22 bits per heavy atom. The van der Waals surface area contributed by atoms with E-state index in [0.717, 1.165) is 23.1 Å². The highest BCUT2D eigenvalue weighted by molar-refractivity contribution is 6.02. The molecule has 1 fully saturated rings. The molecule has 170 valence electrons. The molecule has 1 saturated heterocycles. The van der Waals surface area contributed by atoms with Crippen LogP contribution in [0.5, 0.6) is 11.6 Å². The lowest BCUT2D eigenvalue weighted by Crippen LogP contribution is -2.50. The van der Waals surface area contributed by atoms with Crippen molar-refractivity contribution in [2.75, 3.05) is 33.4 Å². The average Bonchev–Trinajstić information content (AvgIpc) is 2.75. The number of benzene rings is 1. The van der Waals surface area contributed by atoms with E-state index in [2.05, 4.69) is 4.98 Å². The SMILES string of the molecule is CCc1cc2cc3c(cc2nc1OC)C(=O)N1CCN(C(=O)OC(C)(C)C)C/C1=C/CO3. The minimum Gasteiger partial charge on any atom is -0.489 e. The van der Waals surface area contributed by atoms with Crippen LogP contribution < -0.4 is 9.47 Å². The predicted molar refractivity (Wildman–Crippen MR) is 120 cm³/mol. The number of amides is 2. The monoisotopic (exact) mass is 439 g/mol. The summed E-state index contributed by atoms with van der Waals surface area (Å²) in [5, 5.41) is 0.897. The molecule has 0 unspecified atom stereocenters. The van der Waals surface area contributed by atoms with E-state index in [1.54, 1.807) is 23.0 Å². The molecule has 3 heterocycles. The van der Waals surface area contributed by atoms with Gasteiger partial charge in [-0.2, -0.15) is 0 Å². The van der Waals surface area contributed by atoms with Crippen molar-refractivity contribution in [2.24, 2.45) is 0 Å². The van der Waals surface area contributed by atoms with Crippen LogP contribution in [0, 0.1) is 0 Å². The fourth-order valence-electron chi connectivity index (χ4n) is 3.93. The Bertz CT molecular complexity index is 1100. The first-order chi connectivity index (χ1) is 15.2. The number of hydrogen-bond acceptors (Lipinski definition) is 6. The summed E-state index contributed by atoms with van der Waals surface area (Å²) in [6.45, 7) is 8.91. The number of ether oxygens (including phenoxy) is 3. The van der Waals surface area contributed by atoms with Crippen LogP contribution in [0.15, 0.2) is 30.0 Å². The minimum atomic E-state index is -0.575. The molecule has 0 aliphatic carbocycles. The molecular formula is C24H29N3O5. The smallest absolute Gasteiger partial charge is 0.410 e. The second-order valence-corrected chi connectivity index (χ2v) is 8.92. The van der Waals surface area contributed by atoms with Crippen LogP contribution in [-0.2, 0) is 11.2 Å². The van der Waals surface area contributed by atoms with Gasteiger partial charge in [-0.3, -0.25) is 4.79 Å². The molecule has 2 aliphatic heterocycles. The highest BCUT2D eigenvalue weighted by Gasteiger charge is 2.33. The maximum Gasteiger partial charge on any atom is 0.410 e. The van der Waals surface area contributed by atoms with Gasteiger partial charge < -0.3 is 24.0 Å². The average molecular weight is 440 g/mol. The third-order valence-corrected chi connectivity index (χ3v) is 5.51.